The molecule has 0 atom stereocenters. The summed E-state index contributed by atoms with van der Waals surface area (Å²) in [5, 5.41) is 8.37. The number of hydrogen-bond acceptors (Lipinski definition) is 3. The number of amides is 2. The minimum absolute atomic E-state index is 0.0318. The lowest BCUT2D eigenvalue weighted by Gasteiger charge is -2.28. The third kappa shape index (κ3) is 4.40. The Kier molecular flexibility index (Phi) is 6.22. The van der Waals surface area contributed by atoms with E-state index >= 15 is 0 Å². The van der Waals surface area contributed by atoms with Crippen molar-refractivity contribution in [3.05, 3.63) is 56.2 Å². The fourth-order valence-electron chi connectivity index (χ4n) is 3.40. The SMILES string of the molecule is O=C(CNC(=O)c1cc(Cl)ccc1Cl)NCC1(c2cccs2)CCCC1. The lowest BCUT2D eigenvalue weighted by Crippen LogP contribution is -2.43. The third-order valence-corrected chi connectivity index (χ3v) is 6.49. The van der Waals surface area contributed by atoms with Crippen molar-refractivity contribution in [2.24, 2.45) is 0 Å². The van der Waals surface area contributed by atoms with Gasteiger partial charge in [0.15, 0.2) is 0 Å². The van der Waals surface area contributed by atoms with Gasteiger partial charge in [0.05, 0.1) is 17.1 Å². The summed E-state index contributed by atoms with van der Waals surface area (Å²) in [5.74, 6) is -0.624. The summed E-state index contributed by atoms with van der Waals surface area (Å²) in [7, 11) is 0. The molecule has 1 heterocycles. The van der Waals surface area contributed by atoms with Gasteiger partial charge in [-0.2, -0.15) is 0 Å². The van der Waals surface area contributed by atoms with Crippen LogP contribution in [0.25, 0.3) is 0 Å². The Morgan fingerprint density at radius 2 is 1.88 bits per heavy atom. The maximum Gasteiger partial charge on any atom is 0.253 e. The lowest BCUT2D eigenvalue weighted by atomic mass is 9.84. The van der Waals surface area contributed by atoms with Crippen molar-refractivity contribution in [3.8, 4) is 0 Å². The molecule has 1 aliphatic rings. The van der Waals surface area contributed by atoms with Gasteiger partial charge in [-0.1, -0.05) is 42.1 Å². The maximum absolute atomic E-state index is 12.2. The summed E-state index contributed by atoms with van der Waals surface area (Å²) in [6.45, 7) is 0.502. The summed E-state index contributed by atoms with van der Waals surface area (Å²) >= 11 is 13.6. The molecule has 1 aromatic carbocycles. The van der Waals surface area contributed by atoms with Gasteiger partial charge in [-0.15, -0.1) is 11.3 Å². The van der Waals surface area contributed by atoms with E-state index in [2.05, 4.69) is 28.1 Å². The molecule has 1 fully saturated rings. The first-order chi connectivity index (χ1) is 12.5. The van der Waals surface area contributed by atoms with Gasteiger partial charge in [0.1, 0.15) is 0 Å². The molecule has 0 radical (unpaired) electrons. The third-order valence-electron chi connectivity index (χ3n) is 4.81. The fraction of sp³-hybridized carbons (Fsp3) is 0.368. The van der Waals surface area contributed by atoms with Gasteiger partial charge in [-0.25, -0.2) is 0 Å². The topological polar surface area (TPSA) is 58.2 Å². The van der Waals surface area contributed by atoms with E-state index in [1.165, 1.54) is 23.8 Å². The minimum Gasteiger partial charge on any atom is -0.354 e. The summed E-state index contributed by atoms with van der Waals surface area (Å²) in [4.78, 5) is 25.7. The molecule has 0 bridgehead atoms. The second-order valence-corrected chi connectivity index (χ2v) is 8.34. The molecule has 2 N–H and O–H groups in total. The van der Waals surface area contributed by atoms with Crippen LogP contribution in [0.2, 0.25) is 10.0 Å². The van der Waals surface area contributed by atoms with E-state index in [1.807, 2.05) is 0 Å². The van der Waals surface area contributed by atoms with Crippen LogP contribution in [0.4, 0.5) is 0 Å². The molecule has 0 saturated heterocycles. The van der Waals surface area contributed by atoms with Gasteiger partial charge >= 0.3 is 0 Å². The Hall–Kier alpha value is -1.56. The molecule has 2 aromatic rings. The van der Waals surface area contributed by atoms with E-state index in [-0.39, 0.29) is 23.4 Å². The summed E-state index contributed by atoms with van der Waals surface area (Å²) < 4.78 is 0. The normalized spacial score (nSPS) is 15.6. The highest BCUT2D eigenvalue weighted by Crippen LogP contribution is 2.42. The van der Waals surface area contributed by atoms with Gasteiger partial charge in [0.2, 0.25) is 5.91 Å². The Bertz CT molecular complexity index is 787. The average molecular weight is 411 g/mol. The molecule has 2 amide bonds. The average Bonchev–Trinajstić information content (AvgIpc) is 3.32. The van der Waals surface area contributed by atoms with Crippen LogP contribution < -0.4 is 10.6 Å². The van der Waals surface area contributed by atoms with Gasteiger partial charge in [0, 0.05) is 21.9 Å². The molecule has 1 saturated carbocycles. The number of carbonyl (C=O) groups excluding carboxylic acids is 2. The number of thiophene rings is 1. The number of halogens is 2. The number of nitrogens with one attached hydrogen (secondary N) is 2. The minimum atomic E-state index is -0.415. The van der Waals surface area contributed by atoms with E-state index in [0.29, 0.717) is 16.6 Å². The molecular formula is C19H20Cl2N2O2S. The summed E-state index contributed by atoms with van der Waals surface area (Å²) in [6, 6.07) is 8.85. The van der Waals surface area contributed by atoms with E-state index in [9.17, 15) is 9.59 Å². The molecule has 3 rings (SSSR count). The highest BCUT2D eigenvalue weighted by Gasteiger charge is 2.36. The molecule has 138 valence electrons. The van der Waals surface area contributed by atoms with Crippen LogP contribution in [-0.2, 0) is 10.2 Å². The first-order valence-electron chi connectivity index (χ1n) is 8.54. The number of rotatable bonds is 6. The van der Waals surface area contributed by atoms with Gasteiger partial charge < -0.3 is 10.6 Å². The largest absolute Gasteiger partial charge is 0.354 e. The van der Waals surface area contributed by atoms with Crippen molar-refractivity contribution < 1.29 is 9.59 Å². The Labute approximate surface area is 166 Å². The smallest absolute Gasteiger partial charge is 0.253 e. The van der Waals surface area contributed by atoms with Crippen molar-refractivity contribution in [1.29, 1.82) is 0 Å². The highest BCUT2D eigenvalue weighted by molar-refractivity contribution is 7.10. The number of hydrogen-bond donors (Lipinski definition) is 2. The van der Waals surface area contributed by atoms with Crippen molar-refractivity contribution in [2.45, 2.75) is 31.1 Å². The summed E-state index contributed by atoms with van der Waals surface area (Å²) in [6.07, 6.45) is 4.52. The molecule has 1 aromatic heterocycles. The molecule has 0 spiro atoms. The molecule has 1 aliphatic carbocycles. The standard InChI is InChI=1S/C19H20Cl2N2O2S/c20-13-5-6-15(21)14(10-13)18(25)22-11-17(24)23-12-19(7-1-2-8-19)16-4-3-9-26-16/h3-6,9-10H,1-2,7-8,11-12H2,(H,22,25)(H,23,24). The quantitative estimate of drug-likeness (QED) is 0.740. The zero-order valence-electron chi connectivity index (χ0n) is 14.2. The van der Waals surface area contributed by atoms with E-state index in [1.54, 1.807) is 23.5 Å². The fourth-order valence-corrected chi connectivity index (χ4v) is 4.76. The van der Waals surface area contributed by atoms with Crippen LogP contribution >= 0.6 is 34.5 Å². The van der Waals surface area contributed by atoms with E-state index in [0.717, 1.165) is 12.8 Å². The Morgan fingerprint density at radius 1 is 1.12 bits per heavy atom. The van der Waals surface area contributed by atoms with Crippen LogP contribution in [-0.4, -0.2) is 24.9 Å². The predicted octanol–water partition coefficient (Wildman–Crippen LogP) is 4.41. The van der Waals surface area contributed by atoms with E-state index < -0.39 is 5.91 Å². The second kappa shape index (κ2) is 8.42. The van der Waals surface area contributed by atoms with Crippen LogP contribution in [0.1, 0.15) is 40.9 Å². The van der Waals surface area contributed by atoms with Gasteiger partial charge in [-0.05, 0) is 42.5 Å². The molecule has 0 aliphatic heterocycles. The zero-order chi connectivity index (χ0) is 18.6. The maximum atomic E-state index is 12.2. The van der Waals surface area contributed by atoms with Crippen molar-refractivity contribution in [1.82, 2.24) is 10.6 Å². The molecule has 4 nitrogen and oxygen atoms in total. The summed E-state index contributed by atoms with van der Waals surface area (Å²) in [5.41, 5.74) is 0.294. The number of carbonyl (C=O) groups is 2. The van der Waals surface area contributed by atoms with Crippen molar-refractivity contribution in [3.63, 3.8) is 0 Å². The van der Waals surface area contributed by atoms with Crippen LogP contribution in [0, 0.1) is 0 Å². The molecule has 26 heavy (non-hydrogen) atoms. The first-order valence-corrected chi connectivity index (χ1v) is 10.2. The number of benzene rings is 1. The van der Waals surface area contributed by atoms with Gasteiger partial charge in [-0.3, -0.25) is 9.59 Å². The van der Waals surface area contributed by atoms with Crippen molar-refractivity contribution in [2.75, 3.05) is 13.1 Å². The van der Waals surface area contributed by atoms with Crippen LogP contribution in [0.3, 0.4) is 0 Å². The first kappa shape index (κ1) is 19.2. The lowest BCUT2D eigenvalue weighted by molar-refractivity contribution is -0.120. The van der Waals surface area contributed by atoms with Crippen LogP contribution in [0.15, 0.2) is 35.7 Å². The van der Waals surface area contributed by atoms with E-state index in [4.69, 9.17) is 23.2 Å². The molecule has 0 unspecified atom stereocenters. The molecule has 7 heteroatoms. The molecular weight excluding hydrogens is 391 g/mol. The Morgan fingerprint density at radius 3 is 2.58 bits per heavy atom. The monoisotopic (exact) mass is 410 g/mol. The zero-order valence-corrected chi connectivity index (χ0v) is 16.5. The van der Waals surface area contributed by atoms with Crippen LogP contribution in [0.5, 0.6) is 0 Å². The highest BCUT2D eigenvalue weighted by atomic mass is 35.5. The van der Waals surface area contributed by atoms with Crippen molar-refractivity contribution >= 4 is 46.4 Å². The van der Waals surface area contributed by atoms with Gasteiger partial charge in [0.25, 0.3) is 5.91 Å². The Balaban J connectivity index is 1.54. The second-order valence-electron chi connectivity index (χ2n) is 6.55. The predicted molar refractivity (Wildman–Crippen MR) is 106 cm³/mol.